The summed E-state index contributed by atoms with van der Waals surface area (Å²) in [5.74, 6) is -0.308. The van der Waals surface area contributed by atoms with Crippen LogP contribution in [0, 0.1) is 0 Å². The molecule has 0 saturated carbocycles. The van der Waals surface area contributed by atoms with Crippen LogP contribution in [0.2, 0.25) is 0 Å². The van der Waals surface area contributed by atoms with E-state index in [2.05, 4.69) is 32.2 Å². The van der Waals surface area contributed by atoms with Crippen molar-refractivity contribution in [3.8, 4) is 0 Å². The summed E-state index contributed by atoms with van der Waals surface area (Å²) < 4.78 is 3.31. The predicted molar refractivity (Wildman–Crippen MR) is 121 cm³/mol. The van der Waals surface area contributed by atoms with E-state index in [1.54, 1.807) is 0 Å². The lowest BCUT2D eigenvalue weighted by Gasteiger charge is -2.25. The van der Waals surface area contributed by atoms with Crippen molar-refractivity contribution in [3.05, 3.63) is 46.6 Å². The summed E-state index contributed by atoms with van der Waals surface area (Å²) in [6, 6.07) is 7.66. The summed E-state index contributed by atoms with van der Waals surface area (Å²) >= 11 is 1.50. The Kier molecular flexibility index (Phi) is 5.14. The van der Waals surface area contributed by atoms with Gasteiger partial charge in [-0.05, 0) is 43.4 Å². The van der Waals surface area contributed by atoms with Gasteiger partial charge in [-0.25, -0.2) is 18.9 Å². The molecule has 160 valence electrons. The SMILES string of the molecule is CCc1ccc(NC(=O)Cn2nc3c4sc(N5CCCCC5)nc4ncn3c2=O)cc1. The summed E-state index contributed by atoms with van der Waals surface area (Å²) in [7, 11) is 0. The Morgan fingerprint density at radius 2 is 1.94 bits per heavy atom. The topological polar surface area (TPSA) is 97.4 Å². The van der Waals surface area contributed by atoms with Gasteiger partial charge in [-0.15, -0.1) is 5.10 Å². The molecule has 4 aromatic rings. The molecule has 1 fully saturated rings. The number of rotatable bonds is 5. The van der Waals surface area contributed by atoms with Crippen LogP contribution in [0.25, 0.3) is 16.0 Å². The molecular formula is C21H23N7O2S. The lowest BCUT2D eigenvalue weighted by Crippen LogP contribution is -2.29. The van der Waals surface area contributed by atoms with Crippen LogP contribution < -0.4 is 15.9 Å². The monoisotopic (exact) mass is 437 g/mol. The van der Waals surface area contributed by atoms with E-state index >= 15 is 0 Å². The third-order valence-corrected chi connectivity index (χ3v) is 6.63. The fraction of sp³-hybridized carbons (Fsp3) is 0.381. The number of hydrogen-bond acceptors (Lipinski definition) is 7. The minimum Gasteiger partial charge on any atom is -0.348 e. The molecule has 1 aliphatic heterocycles. The molecule has 1 amide bonds. The van der Waals surface area contributed by atoms with Gasteiger partial charge in [-0.1, -0.05) is 30.4 Å². The molecule has 0 radical (unpaired) electrons. The van der Waals surface area contributed by atoms with Gasteiger partial charge < -0.3 is 10.2 Å². The van der Waals surface area contributed by atoms with Crippen LogP contribution >= 0.6 is 11.3 Å². The molecule has 9 nitrogen and oxygen atoms in total. The number of nitrogens with one attached hydrogen (secondary N) is 1. The Hall–Kier alpha value is -3.27. The van der Waals surface area contributed by atoms with Gasteiger partial charge in [0.25, 0.3) is 0 Å². The average Bonchev–Trinajstić information content (AvgIpc) is 3.36. The number of benzene rings is 1. The second-order valence-electron chi connectivity index (χ2n) is 7.67. The third-order valence-electron chi connectivity index (χ3n) is 5.53. The number of anilines is 2. The summed E-state index contributed by atoms with van der Waals surface area (Å²) in [5, 5.41) is 8.15. The van der Waals surface area contributed by atoms with Crippen LogP contribution in [0.15, 0.2) is 35.4 Å². The lowest BCUT2D eigenvalue weighted by atomic mass is 10.1. The van der Waals surface area contributed by atoms with Crippen LogP contribution in [0.4, 0.5) is 10.8 Å². The van der Waals surface area contributed by atoms with E-state index in [9.17, 15) is 9.59 Å². The molecule has 0 unspecified atom stereocenters. The fourth-order valence-corrected chi connectivity index (χ4v) is 4.86. The number of carbonyl (C=O) groups is 1. The van der Waals surface area contributed by atoms with E-state index in [-0.39, 0.29) is 12.5 Å². The van der Waals surface area contributed by atoms with E-state index in [1.807, 2.05) is 24.3 Å². The first-order chi connectivity index (χ1) is 15.1. The van der Waals surface area contributed by atoms with Gasteiger partial charge in [0.05, 0.1) is 0 Å². The smallest absolute Gasteiger partial charge is 0.348 e. The van der Waals surface area contributed by atoms with Gasteiger partial charge in [-0.3, -0.25) is 4.79 Å². The molecule has 1 aliphatic rings. The summed E-state index contributed by atoms with van der Waals surface area (Å²) in [4.78, 5) is 36.5. The first-order valence-corrected chi connectivity index (χ1v) is 11.3. The van der Waals surface area contributed by atoms with Crippen molar-refractivity contribution < 1.29 is 4.79 Å². The maximum Gasteiger partial charge on any atom is 0.352 e. The zero-order valence-corrected chi connectivity index (χ0v) is 18.1. The Morgan fingerprint density at radius 3 is 2.68 bits per heavy atom. The van der Waals surface area contributed by atoms with E-state index in [0.29, 0.717) is 17.0 Å². The third kappa shape index (κ3) is 3.78. The Balaban J connectivity index is 1.41. The van der Waals surface area contributed by atoms with Gasteiger partial charge in [0.2, 0.25) is 5.91 Å². The number of piperidine rings is 1. The van der Waals surface area contributed by atoms with Crippen LogP contribution in [0.5, 0.6) is 0 Å². The second kappa shape index (κ2) is 8.10. The largest absolute Gasteiger partial charge is 0.352 e. The zero-order valence-electron chi connectivity index (χ0n) is 17.2. The fourth-order valence-electron chi connectivity index (χ4n) is 3.81. The molecule has 1 N–H and O–H groups in total. The van der Waals surface area contributed by atoms with Crippen molar-refractivity contribution in [2.24, 2.45) is 0 Å². The van der Waals surface area contributed by atoms with Crippen molar-refractivity contribution >= 4 is 44.1 Å². The van der Waals surface area contributed by atoms with Crippen molar-refractivity contribution in [1.29, 1.82) is 0 Å². The van der Waals surface area contributed by atoms with E-state index in [1.165, 1.54) is 38.7 Å². The molecule has 4 heterocycles. The quantitative estimate of drug-likeness (QED) is 0.516. The summed E-state index contributed by atoms with van der Waals surface area (Å²) in [6.07, 6.45) is 5.93. The number of hydrogen-bond donors (Lipinski definition) is 1. The number of thiazole rings is 1. The maximum atomic E-state index is 12.8. The number of amides is 1. The van der Waals surface area contributed by atoms with Crippen LogP contribution in [0.1, 0.15) is 31.7 Å². The van der Waals surface area contributed by atoms with Crippen LogP contribution in [-0.2, 0) is 17.8 Å². The van der Waals surface area contributed by atoms with E-state index in [4.69, 9.17) is 0 Å². The molecule has 1 aromatic carbocycles. The first-order valence-electron chi connectivity index (χ1n) is 10.5. The maximum absolute atomic E-state index is 12.8. The average molecular weight is 438 g/mol. The van der Waals surface area contributed by atoms with E-state index in [0.717, 1.165) is 42.2 Å². The Labute approximate surface area is 182 Å². The molecule has 3 aromatic heterocycles. The standard InChI is InChI=1S/C21H23N7O2S/c1-2-14-6-8-15(9-7-14)23-16(29)12-28-21(30)27-13-22-18-17(19(27)25-28)31-20(24-18)26-10-4-3-5-11-26/h6-9,13H,2-5,10-12H2,1H3,(H,23,29). The minimum atomic E-state index is -0.395. The number of nitrogens with zero attached hydrogens (tertiary/aromatic N) is 6. The molecule has 0 atom stereocenters. The molecule has 31 heavy (non-hydrogen) atoms. The molecule has 10 heteroatoms. The van der Waals surface area contributed by atoms with Gasteiger partial charge in [-0.2, -0.15) is 4.98 Å². The highest BCUT2D eigenvalue weighted by molar-refractivity contribution is 7.22. The minimum absolute atomic E-state index is 0.171. The van der Waals surface area contributed by atoms with Gasteiger partial charge in [0.15, 0.2) is 16.4 Å². The van der Waals surface area contributed by atoms with Gasteiger partial charge in [0.1, 0.15) is 17.6 Å². The summed E-state index contributed by atoms with van der Waals surface area (Å²) in [5.41, 5.74) is 2.55. The summed E-state index contributed by atoms with van der Waals surface area (Å²) in [6.45, 7) is 3.87. The normalized spacial score (nSPS) is 14.4. The van der Waals surface area contributed by atoms with E-state index < -0.39 is 5.69 Å². The molecule has 1 saturated heterocycles. The van der Waals surface area contributed by atoms with Crippen LogP contribution in [-0.4, -0.2) is 43.1 Å². The number of aryl methyl sites for hydroxylation is 1. The van der Waals surface area contributed by atoms with Crippen molar-refractivity contribution in [2.75, 3.05) is 23.3 Å². The second-order valence-corrected chi connectivity index (χ2v) is 8.65. The number of carbonyl (C=O) groups excluding carboxylic acids is 1. The van der Waals surface area contributed by atoms with Gasteiger partial charge in [0, 0.05) is 18.8 Å². The predicted octanol–water partition coefficient (Wildman–Crippen LogP) is 2.69. The number of fused-ring (bicyclic) bond motifs is 3. The van der Waals surface area contributed by atoms with Crippen molar-refractivity contribution in [2.45, 2.75) is 39.2 Å². The van der Waals surface area contributed by atoms with Gasteiger partial charge >= 0.3 is 5.69 Å². The Bertz CT molecular complexity index is 1300. The highest BCUT2D eigenvalue weighted by Gasteiger charge is 2.20. The highest BCUT2D eigenvalue weighted by Crippen LogP contribution is 2.31. The molecule has 0 spiro atoms. The van der Waals surface area contributed by atoms with Crippen molar-refractivity contribution in [3.63, 3.8) is 0 Å². The lowest BCUT2D eigenvalue weighted by molar-refractivity contribution is -0.117. The Morgan fingerprint density at radius 1 is 1.16 bits per heavy atom. The molecule has 0 bridgehead atoms. The molecule has 0 aliphatic carbocycles. The van der Waals surface area contributed by atoms with Crippen molar-refractivity contribution in [1.82, 2.24) is 24.1 Å². The molecule has 5 rings (SSSR count). The molecular weight excluding hydrogens is 414 g/mol. The van der Waals surface area contributed by atoms with Crippen LogP contribution in [0.3, 0.4) is 0 Å². The number of aromatic nitrogens is 5. The first kappa shape index (κ1) is 19.7. The highest BCUT2D eigenvalue weighted by atomic mass is 32.1. The zero-order chi connectivity index (χ0) is 21.4.